The first-order chi connectivity index (χ1) is 6.11. The lowest BCUT2D eigenvalue weighted by atomic mass is 9.66. The van der Waals surface area contributed by atoms with Crippen LogP contribution < -0.4 is 0 Å². The molecule has 0 aliphatic heterocycles. The molecule has 1 nitrogen and oxygen atoms in total. The van der Waals surface area contributed by atoms with Crippen molar-refractivity contribution in [2.24, 2.45) is 23.7 Å². The fourth-order valence-corrected chi connectivity index (χ4v) is 2.82. The van der Waals surface area contributed by atoms with Crippen molar-refractivity contribution in [2.75, 3.05) is 7.11 Å². The first kappa shape index (κ1) is 11.0. The van der Waals surface area contributed by atoms with Gasteiger partial charge in [0.05, 0.1) is 6.10 Å². The smallest absolute Gasteiger partial charge is 0.0602 e. The lowest BCUT2D eigenvalue weighted by molar-refractivity contribution is -0.0392. The summed E-state index contributed by atoms with van der Waals surface area (Å²) in [6, 6.07) is 0. The zero-order chi connectivity index (χ0) is 10.0. The van der Waals surface area contributed by atoms with E-state index in [1.165, 1.54) is 12.8 Å². The largest absolute Gasteiger partial charge is 0.381 e. The van der Waals surface area contributed by atoms with E-state index in [9.17, 15) is 0 Å². The zero-order valence-electron chi connectivity index (χ0n) is 9.71. The Bertz CT molecular complexity index is 135. The van der Waals surface area contributed by atoms with Crippen LogP contribution in [0.15, 0.2) is 0 Å². The van der Waals surface area contributed by atoms with Gasteiger partial charge < -0.3 is 4.74 Å². The van der Waals surface area contributed by atoms with Gasteiger partial charge in [0.1, 0.15) is 0 Å². The number of ether oxygens (including phenoxy) is 1. The molecule has 0 N–H and O–H groups in total. The Morgan fingerprint density at radius 1 is 1.08 bits per heavy atom. The van der Waals surface area contributed by atoms with Gasteiger partial charge in [-0.3, -0.25) is 0 Å². The molecule has 5 atom stereocenters. The van der Waals surface area contributed by atoms with E-state index in [0.29, 0.717) is 6.10 Å². The summed E-state index contributed by atoms with van der Waals surface area (Å²) in [6.45, 7) is 9.42. The van der Waals surface area contributed by atoms with Crippen LogP contribution in [0.2, 0.25) is 0 Å². The summed E-state index contributed by atoms with van der Waals surface area (Å²) in [7, 11) is 1.86. The molecule has 0 aromatic rings. The standard InChI is InChI=1S/C12H24O/c1-6-11-7-12(13-5)10(4)8(2)9(11)3/h8-12H,6-7H2,1-5H3/t8-,9-,10?,11?,12+/m1/s1. The molecule has 1 fully saturated rings. The predicted octanol–water partition coefficient (Wildman–Crippen LogP) is 3.34. The monoisotopic (exact) mass is 184 g/mol. The SMILES string of the molecule is CCC1C[C@H](OC)C(C)[C@H](C)[C@H]1C. The molecule has 0 heterocycles. The van der Waals surface area contributed by atoms with Gasteiger partial charge in [0.25, 0.3) is 0 Å². The van der Waals surface area contributed by atoms with E-state index in [2.05, 4.69) is 27.7 Å². The van der Waals surface area contributed by atoms with Crippen molar-refractivity contribution in [3.05, 3.63) is 0 Å². The minimum absolute atomic E-state index is 0.496. The second-order valence-electron chi connectivity index (χ2n) is 4.76. The van der Waals surface area contributed by atoms with Crippen LogP contribution in [0.1, 0.15) is 40.5 Å². The predicted molar refractivity (Wildman–Crippen MR) is 56.7 cm³/mol. The Labute approximate surface area is 82.9 Å². The maximum absolute atomic E-state index is 5.55. The van der Waals surface area contributed by atoms with Gasteiger partial charge in [-0.15, -0.1) is 0 Å². The second-order valence-corrected chi connectivity index (χ2v) is 4.76. The van der Waals surface area contributed by atoms with E-state index < -0.39 is 0 Å². The second kappa shape index (κ2) is 4.45. The highest BCUT2D eigenvalue weighted by Gasteiger charge is 2.37. The number of rotatable bonds is 2. The summed E-state index contributed by atoms with van der Waals surface area (Å²) >= 11 is 0. The van der Waals surface area contributed by atoms with Gasteiger partial charge in [0.2, 0.25) is 0 Å². The molecule has 0 spiro atoms. The number of hydrogen-bond donors (Lipinski definition) is 0. The highest BCUT2D eigenvalue weighted by Crippen LogP contribution is 2.40. The molecule has 1 aliphatic rings. The third-order valence-electron chi connectivity index (χ3n) is 4.35. The van der Waals surface area contributed by atoms with Crippen LogP contribution in [-0.2, 0) is 4.74 Å². The van der Waals surface area contributed by atoms with Crippen LogP contribution in [0, 0.1) is 23.7 Å². The average Bonchev–Trinajstić information content (AvgIpc) is 2.15. The Kier molecular flexibility index (Phi) is 3.78. The highest BCUT2D eigenvalue weighted by molar-refractivity contribution is 4.86. The van der Waals surface area contributed by atoms with Crippen LogP contribution >= 0.6 is 0 Å². The van der Waals surface area contributed by atoms with Gasteiger partial charge in [-0.25, -0.2) is 0 Å². The molecule has 1 aliphatic carbocycles. The van der Waals surface area contributed by atoms with Crippen LogP contribution in [0.5, 0.6) is 0 Å². The molecule has 78 valence electrons. The molecule has 2 unspecified atom stereocenters. The van der Waals surface area contributed by atoms with Crippen molar-refractivity contribution in [2.45, 2.75) is 46.6 Å². The van der Waals surface area contributed by atoms with Gasteiger partial charge >= 0.3 is 0 Å². The van der Waals surface area contributed by atoms with Crippen LogP contribution in [-0.4, -0.2) is 13.2 Å². The Morgan fingerprint density at radius 2 is 1.69 bits per heavy atom. The van der Waals surface area contributed by atoms with Crippen molar-refractivity contribution in [3.63, 3.8) is 0 Å². The van der Waals surface area contributed by atoms with Gasteiger partial charge in [-0.1, -0.05) is 34.1 Å². The minimum Gasteiger partial charge on any atom is -0.381 e. The molecule has 1 heteroatoms. The number of methoxy groups -OCH3 is 1. The number of hydrogen-bond acceptors (Lipinski definition) is 1. The van der Waals surface area contributed by atoms with E-state index in [1.54, 1.807) is 0 Å². The van der Waals surface area contributed by atoms with Gasteiger partial charge in [0, 0.05) is 7.11 Å². The fraction of sp³-hybridized carbons (Fsp3) is 1.00. The maximum Gasteiger partial charge on any atom is 0.0602 e. The van der Waals surface area contributed by atoms with Crippen molar-refractivity contribution >= 4 is 0 Å². The molecular weight excluding hydrogens is 160 g/mol. The molecule has 1 rings (SSSR count). The van der Waals surface area contributed by atoms with Crippen molar-refractivity contribution in [1.82, 2.24) is 0 Å². The molecule has 0 radical (unpaired) electrons. The van der Waals surface area contributed by atoms with Gasteiger partial charge in [-0.2, -0.15) is 0 Å². The normalized spacial score (nSPS) is 46.4. The summed E-state index contributed by atoms with van der Waals surface area (Å²) in [4.78, 5) is 0. The molecule has 0 aromatic heterocycles. The van der Waals surface area contributed by atoms with E-state index in [4.69, 9.17) is 4.74 Å². The summed E-state index contributed by atoms with van der Waals surface area (Å²) in [5.74, 6) is 3.27. The first-order valence-corrected chi connectivity index (χ1v) is 5.64. The molecule has 0 bridgehead atoms. The summed E-state index contributed by atoms with van der Waals surface area (Å²) in [5.41, 5.74) is 0. The lowest BCUT2D eigenvalue weighted by Crippen LogP contribution is -2.40. The van der Waals surface area contributed by atoms with Crippen LogP contribution in [0.3, 0.4) is 0 Å². The average molecular weight is 184 g/mol. The van der Waals surface area contributed by atoms with E-state index in [-0.39, 0.29) is 0 Å². The zero-order valence-corrected chi connectivity index (χ0v) is 9.71. The molecule has 0 aromatic carbocycles. The van der Waals surface area contributed by atoms with E-state index in [0.717, 1.165) is 23.7 Å². The maximum atomic E-state index is 5.55. The molecule has 13 heavy (non-hydrogen) atoms. The Hall–Kier alpha value is -0.0400. The van der Waals surface area contributed by atoms with Crippen molar-refractivity contribution in [1.29, 1.82) is 0 Å². The third kappa shape index (κ3) is 2.07. The van der Waals surface area contributed by atoms with Crippen LogP contribution in [0.25, 0.3) is 0 Å². The van der Waals surface area contributed by atoms with Crippen molar-refractivity contribution in [3.8, 4) is 0 Å². The van der Waals surface area contributed by atoms with E-state index >= 15 is 0 Å². The van der Waals surface area contributed by atoms with Crippen molar-refractivity contribution < 1.29 is 4.74 Å². The fourth-order valence-electron chi connectivity index (χ4n) is 2.82. The first-order valence-electron chi connectivity index (χ1n) is 5.64. The topological polar surface area (TPSA) is 9.23 Å². The molecule has 0 amide bonds. The van der Waals surface area contributed by atoms with Crippen LogP contribution in [0.4, 0.5) is 0 Å². The van der Waals surface area contributed by atoms with E-state index in [1.807, 2.05) is 7.11 Å². The Balaban J connectivity index is 2.66. The highest BCUT2D eigenvalue weighted by atomic mass is 16.5. The molecular formula is C12H24O. The lowest BCUT2D eigenvalue weighted by Gasteiger charge is -2.42. The summed E-state index contributed by atoms with van der Waals surface area (Å²) in [6.07, 6.45) is 3.06. The Morgan fingerprint density at radius 3 is 2.15 bits per heavy atom. The summed E-state index contributed by atoms with van der Waals surface area (Å²) in [5, 5.41) is 0. The summed E-state index contributed by atoms with van der Waals surface area (Å²) < 4.78 is 5.55. The third-order valence-corrected chi connectivity index (χ3v) is 4.35. The van der Waals surface area contributed by atoms with Gasteiger partial charge in [-0.05, 0) is 30.1 Å². The molecule has 1 saturated carbocycles. The molecule has 0 saturated heterocycles. The minimum atomic E-state index is 0.496. The quantitative estimate of drug-likeness (QED) is 0.639. The van der Waals surface area contributed by atoms with Gasteiger partial charge in [0.15, 0.2) is 0 Å².